The summed E-state index contributed by atoms with van der Waals surface area (Å²) in [5, 5.41) is 31.8. The first-order chi connectivity index (χ1) is 20.8. The molecule has 0 aromatic heterocycles. The van der Waals surface area contributed by atoms with E-state index in [1.165, 1.54) is 12.1 Å². The summed E-state index contributed by atoms with van der Waals surface area (Å²) < 4.78 is 81.3. The van der Waals surface area contributed by atoms with Crippen molar-refractivity contribution in [2.45, 2.75) is 58.5 Å². The van der Waals surface area contributed by atoms with Crippen LogP contribution in [0.3, 0.4) is 0 Å². The maximum absolute atomic E-state index is 13.7. The molecule has 0 unspecified atom stereocenters. The van der Waals surface area contributed by atoms with Crippen LogP contribution in [0.2, 0.25) is 5.02 Å². The Kier molecular flexibility index (Phi) is 9.82. The van der Waals surface area contributed by atoms with Gasteiger partial charge in [0.1, 0.15) is 5.75 Å². The number of aliphatic hydroxyl groups excluding tert-OH is 2. The highest BCUT2D eigenvalue weighted by Gasteiger charge is 2.56. The van der Waals surface area contributed by atoms with E-state index in [9.17, 15) is 51.3 Å². The lowest BCUT2D eigenvalue weighted by Crippen LogP contribution is -2.40. The molecule has 0 spiro atoms. The number of nitrogens with zero attached hydrogens (tertiary/aromatic N) is 1. The molecule has 1 heterocycles. The number of aliphatic hydroxyl groups is 2. The fraction of sp³-hybridized carbons (Fsp3) is 0.438. The van der Waals surface area contributed by atoms with Gasteiger partial charge in [-0.05, 0) is 79.6 Å². The molecule has 2 aromatic rings. The third-order valence-corrected chi connectivity index (χ3v) is 8.73. The van der Waals surface area contributed by atoms with Crippen LogP contribution in [0.1, 0.15) is 56.7 Å². The van der Waals surface area contributed by atoms with Crippen molar-refractivity contribution in [1.82, 2.24) is 0 Å². The van der Waals surface area contributed by atoms with E-state index in [1.54, 1.807) is 32.9 Å². The maximum atomic E-state index is 13.7. The van der Waals surface area contributed by atoms with Gasteiger partial charge in [0.05, 0.1) is 46.4 Å². The van der Waals surface area contributed by atoms with Crippen molar-refractivity contribution in [3.05, 3.63) is 74.8 Å². The number of hydrogen-bond donors (Lipinski definition) is 3. The van der Waals surface area contributed by atoms with Crippen LogP contribution in [0.15, 0.2) is 53.1 Å². The summed E-state index contributed by atoms with van der Waals surface area (Å²) in [4.78, 5) is 27.6. The van der Waals surface area contributed by atoms with E-state index < -0.39 is 71.4 Å². The summed E-state index contributed by atoms with van der Waals surface area (Å²) in [6, 6.07) is 5.05. The minimum Gasteiger partial charge on any atom is -0.508 e. The monoisotopic (exact) mass is 659 g/mol. The zero-order valence-electron chi connectivity index (χ0n) is 24.5. The van der Waals surface area contributed by atoms with Crippen LogP contribution in [0.4, 0.5) is 32.0 Å². The number of halogens is 7. The lowest BCUT2D eigenvalue weighted by molar-refractivity contribution is -0.143. The number of alkyl halides is 6. The first-order valence-corrected chi connectivity index (χ1v) is 14.6. The van der Waals surface area contributed by atoms with E-state index in [0.717, 1.165) is 5.57 Å². The summed E-state index contributed by atoms with van der Waals surface area (Å²) in [5.41, 5.74) is -1.82. The molecule has 3 N–H and O–H groups in total. The number of aromatic hydroxyl groups is 1. The summed E-state index contributed by atoms with van der Waals surface area (Å²) in [7, 11) is 0. The molecular weight excluding hydrogens is 628 g/mol. The number of rotatable bonds is 8. The van der Waals surface area contributed by atoms with E-state index in [4.69, 9.17) is 11.6 Å². The van der Waals surface area contributed by atoms with Gasteiger partial charge in [-0.15, -0.1) is 0 Å². The summed E-state index contributed by atoms with van der Waals surface area (Å²) in [5.74, 6) is -5.82. The second-order valence-electron chi connectivity index (χ2n) is 11.8. The average Bonchev–Trinajstić information content (AvgIpc) is 3.20. The van der Waals surface area contributed by atoms with Gasteiger partial charge in [0.2, 0.25) is 11.8 Å². The van der Waals surface area contributed by atoms with Gasteiger partial charge in [-0.1, -0.05) is 42.7 Å². The second-order valence-corrected chi connectivity index (χ2v) is 12.2. The van der Waals surface area contributed by atoms with Crippen LogP contribution in [-0.2, 0) is 21.9 Å². The Balaban J connectivity index is 1.67. The zero-order chi connectivity index (χ0) is 33.6. The quantitative estimate of drug-likeness (QED) is 0.156. The number of anilines is 1. The highest BCUT2D eigenvalue weighted by Crippen LogP contribution is 2.50. The molecule has 1 saturated heterocycles. The normalized spacial score (nSPS) is 22.0. The molecule has 1 fully saturated rings. The minimum atomic E-state index is -5.19. The summed E-state index contributed by atoms with van der Waals surface area (Å²) in [6.45, 7) is 4.69. The van der Waals surface area contributed by atoms with Crippen LogP contribution >= 0.6 is 11.6 Å². The largest absolute Gasteiger partial charge is 0.508 e. The first kappa shape index (κ1) is 34.5. The molecule has 1 aliphatic carbocycles. The van der Waals surface area contributed by atoms with Crippen LogP contribution in [0.25, 0.3) is 6.08 Å². The van der Waals surface area contributed by atoms with Gasteiger partial charge >= 0.3 is 12.4 Å². The lowest BCUT2D eigenvalue weighted by atomic mass is 9.66. The van der Waals surface area contributed by atoms with Crippen molar-refractivity contribution in [1.29, 1.82) is 0 Å². The van der Waals surface area contributed by atoms with Crippen LogP contribution in [0.5, 0.6) is 5.75 Å². The lowest BCUT2D eigenvalue weighted by Gasteiger charge is -2.38. The Hall–Kier alpha value is -3.35. The number of fused-ring (bicyclic) bond motifs is 1. The molecule has 0 saturated carbocycles. The Morgan fingerprint density at radius 3 is 2.13 bits per heavy atom. The molecular formula is C32H32ClF6NO5. The Bertz CT molecular complexity index is 1520. The minimum absolute atomic E-state index is 0.00335. The average molecular weight is 660 g/mol. The SMILES string of the molecule is C/C(=C\c1ccc(O)cc1Cl)CC[C@@H](O)C1=C(C(C)C)C[C@H]2C(=O)N(c3cc(C(F)(F)F)cc(C(F)(F)F)c3)C(=O)[C@H]2[C@H]1CO. The van der Waals surface area contributed by atoms with Gasteiger partial charge in [-0.2, -0.15) is 26.3 Å². The third-order valence-electron chi connectivity index (χ3n) is 8.40. The van der Waals surface area contributed by atoms with E-state index >= 15 is 0 Å². The van der Waals surface area contributed by atoms with Crippen LogP contribution in [0, 0.1) is 23.7 Å². The molecule has 4 atom stereocenters. The second kappa shape index (κ2) is 12.8. The number of phenols is 1. The van der Waals surface area contributed by atoms with E-state index in [2.05, 4.69) is 0 Å². The van der Waals surface area contributed by atoms with Crippen LogP contribution in [-0.4, -0.2) is 39.8 Å². The van der Waals surface area contributed by atoms with Gasteiger partial charge in [0.25, 0.3) is 0 Å². The predicted octanol–water partition coefficient (Wildman–Crippen LogP) is 7.40. The Labute approximate surface area is 260 Å². The number of hydrogen-bond acceptors (Lipinski definition) is 5. The van der Waals surface area contributed by atoms with E-state index in [1.807, 2.05) is 0 Å². The molecule has 0 radical (unpaired) electrons. The molecule has 2 amide bonds. The molecule has 2 aliphatic rings. The van der Waals surface area contributed by atoms with Crippen molar-refractivity contribution in [3.8, 4) is 5.75 Å². The van der Waals surface area contributed by atoms with Crippen LogP contribution < -0.4 is 4.90 Å². The molecule has 13 heteroatoms. The smallest absolute Gasteiger partial charge is 0.416 e. The summed E-state index contributed by atoms with van der Waals surface area (Å²) >= 11 is 6.18. The molecule has 1 aliphatic heterocycles. The van der Waals surface area contributed by atoms with Crippen molar-refractivity contribution in [2.24, 2.45) is 23.7 Å². The molecule has 6 nitrogen and oxygen atoms in total. The molecule has 4 rings (SSSR count). The Morgan fingerprint density at radius 2 is 1.62 bits per heavy atom. The number of allylic oxidation sites excluding steroid dienone is 2. The standard InChI is InChI=1S/C32H32ClF6NO5/c1-15(2)22-13-23-28(24(14-41)27(22)26(43)7-4-16(3)8-17-5-6-21(42)12-25(17)33)30(45)40(29(23)44)20-10-18(31(34,35)36)9-19(11-20)32(37,38)39/h5-6,8-12,15,23-24,26,28,41-43H,4,7,13-14H2,1-3H3/b16-8+/t23-,24+,26-,28-/m1/s1. The Morgan fingerprint density at radius 1 is 1.02 bits per heavy atom. The molecule has 2 aromatic carbocycles. The number of imide groups is 1. The van der Waals surface area contributed by atoms with Gasteiger partial charge in [0.15, 0.2) is 0 Å². The first-order valence-electron chi connectivity index (χ1n) is 14.2. The third kappa shape index (κ3) is 7.07. The van der Waals surface area contributed by atoms with Crippen molar-refractivity contribution < 1.29 is 51.3 Å². The molecule has 45 heavy (non-hydrogen) atoms. The number of phenolic OH excluding ortho intramolecular Hbond substituents is 1. The van der Waals surface area contributed by atoms with Gasteiger partial charge in [-0.3, -0.25) is 9.59 Å². The van der Waals surface area contributed by atoms with E-state index in [-0.39, 0.29) is 30.6 Å². The van der Waals surface area contributed by atoms with Crippen molar-refractivity contribution in [3.63, 3.8) is 0 Å². The maximum Gasteiger partial charge on any atom is 0.416 e. The number of benzene rings is 2. The van der Waals surface area contributed by atoms with Crippen molar-refractivity contribution in [2.75, 3.05) is 11.5 Å². The van der Waals surface area contributed by atoms with E-state index in [0.29, 0.717) is 45.2 Å². The van der Waals surface area contributed by atoms with Crippen molar-refractivity contribution >= 4 is 35.2 Å². The molecule has 244 valence electrons. The van der Waals surface area contributed by atoms with Gasteiger partial charge < -0.3 is 15.3 Å². The highest BCUT2D eigenvalue weighted by molar-refractivity contribution is 6.32. The fourth-order valence-electron chi connectivity index (χ4n) is 6.26. The number of amides is 2. The predicted molar refractivity (Wildman–Crippen MR) is 155 cm³/mol. The van der Waals surface area contributed by atoms with Gasteiger partial charge in [0, 0.05) is 5.92 Å². The topological polar surface area (TPSA) is 98.1 Å². The summed E-state index contributed by atoms with van der Waals surface area (Å²) in [6.07, 6.45) is -9.35. The highest BCUT2D eigenvalue weighted by atomic mass is 35.5. The molecule has 0 bridgehead atoms. The number of carbonyl (C=O) groups excluding carboxylic acids is 2. The number of carbonyl (C=O) groups is 2. The zero-order valence-corrected chi connectivity index (χ0v) is 25.3. The fourth-order valence-corrected chi connectivity index (χ4v) is 6.49. The van der Waals surface area contributed by atoms with Gasteiger partial charge in [-0.25, -0.2) is 4.90 Å².